The summed E-state index contributed by atoms with van der Waals surface area (Å²) in [5.41, 5.74) is -0.282. The van der Waals surface area contributed by atoms with E-state index in [1.807, 2.05) is 0 Å². The first-order valence-electron chi connectivity index (χ1n) is 4.18. The Morgan fingerprint density at radius 1 is 1.69 bits per heavy atom. The van der Waals surface area contributed by atoms with E-state index in [1.54, 1.807) is 0 Å². The Bertz CT molecular complexity index is 257. The molecule has 0 aromatic rings. The number of nitrogens with one attached hydrogen (secondary N) is 1. The van der Waals surface area contributed by atoms with E-state index >= 15 is 0 Å². The van der Waals surface area contributed by atoms with Gasteiger partial charge in [-0.15, -0.1) is 0 Å². The van der Waals surface area contributed by atoms with Crippen molar-refractivity contribution in [2.75, 3.05) is 13.7 Å². The lowest BCUT2D eigenvalue weighted by Crippen LogP contribution is -2.56. The number of hydrogen-bond donors (Lipinski definition) is 1. The van der Waals surface area contributed by atoms with Crippen molar-refractivity contribution >= 4 is 12.1 Å². The zero-order valence-corrected chi connectivity index (χ0v) is 7.33. The monoisotopic (exact) mass is 185 g/mol. The summed E-state index contributed by atoms with van der Waals surface area (Å²) in [6.45, 7) is 0.374. The van der Waals surface area contributed by atoms with Crippen LogP contribution < -0.4 is 5.32 Å². The molecule has 2 aliphatic rings. The molecule has 1 saturated heterocycles. The Labute approximate surface area is 75.4 Å². The van der Waals surface area contributed by atoms with E-state index in [0.29, 0.717) is 19.4 Å². The molecule has 0 radical (unpaired) electrons. The Morgan fingerprint density at radius 3 is 2.85 bits per heavy atom. The molecule has 0 aromatic heterocycles. The molecule has 0 aromatic carbocycles. The lowest BCUT2D eigenvalue weighted by atomic mass is 9.69. The summed E-state index contributed by atoms with van der Waals surface area (Å²) in [5, 5.41) is 2.71. The van der Waals surface area contributed by atoms with Crippen LogP contribution in [0.15, 0.2) is 0 Å². The van der Waals surface area contributed by atoms with Gasteiger partial charge in [-0.3, -0.25) is 4.79 Å². The smallest absolute Gasteiger partial charge is 0.407 e. The van der Waals surface area contributed by atoms with Gasteiger partial charge >= 0.3 is 12.1 Å². The number of carbonyl (C=O) groups excluding carboxylic acids is 2. The van der Waals surface area contributed by atoms with Crippen LogP contribution in [0.25, 0.3) is 0 Å². The fourth-order valence-electron chi connectivity index (χ4n) is 1.93. The third-order valence-electron chi connectivity index (χ3n) is 2.66. The fraction of sp³-hybridized carbons (Fsp3) is 0.750. The summed E-state index contributed by atoms with van der Waals surface area (Å²) in [4.78, 5) is 21.8. The SMILES string of the molecule is COC(=O)[C@H]1C[C@@]2(COC(=O)N2)C1. The molecule has 2 rings (SSSR count). The minimum absolute atomic E-state index is 0.0769. The average molecular weight is 185 g/mol. The van der Waals surface area contributed by atoms with Gasteiger partial charge in [-0.2, -0.15) is 0 Å². The van der Waals surface area contributed by atoms with Crippen molar-refractivity contribution in [1.29, 1.82) is 0 Å². The number of ether oxygens (including phenoxy) is 2. The molecule has 5 heteroatoms. The van der Waals surface area contributed by atoms with Crippen LogP contribution in [0.5, 0.6) is 0 Å². The van der Waals surface area contributed by atoms with Crippen LogP contribution in [0, 0.1) is 5.92 Å². The quantitative estimate of drug-likeness (QED) is 0.586. The molecule has 0 atom stereocenters. The molecular formula is C8H11NO4. The summed E-state index contributed by atoms with van der Waals surface area (Å²) in [6.07, 6.45) is 0.875. The third kappa shape index (κ3) is 1.24. The lowest BCUT2D eigenvalue weighted by molar-refractivity contribution is -0.151. The molecule has 1 saturated carbocycles. The highest BCUT2D eigenvalue weighted by molar-refractivity contribution is 5.76. The number of alkyl carbamates (subject to hydrolysis) is 1. The van der Waals surface area contributed by atoms with Gasteiger partial charge in [0.15, 0.2) is 0 Å². The lowest BCUT2D eigenvalue weighted by Gasteiger charge is -2.41. The van der Waals surface area contributed by atoms with Crippen molar-refractivity contribution < 1.29 is 19.1 Å². The highest BCUT2D eigenvalue weighted by Crippen LogP contribution is 2.40. The van der Waals surface area contributed by atoms with E-state index < -0.39 is 0 Å². The number of cyclic esters (lactones) is 1. The van der Waals surface area contributed by atoms with Gasteiger partial charge in [0.1, 0.15) is 6.61 Å². The highest BCUT2D eigenvalue weighted by atomic mass is 16.6. The molecule has 1 N–H and O–H groups in total. The van der Waals surface area contributed by atoms with Crippen molar-refractivity contribution in [2.45, 2.75) is 18.4 Å². The largest absolute Gasteiger partial charge is 0.469 e. The van der Waals surface area contributed by atoms with Crippen LogP contribution in [0.3, 0.4) is 0 Å². The normalized spacial score (nSPS) is 36.4. The summed E-state index contributed by atoms with van der Waals surface area (Å²) in [7, 11) is 1.37. The van der Waals surface area contributed by atoms with Crippen molar-refractivity contribution in [3.05, 3.63) is 0 Å². The summed E-state index contributed by atoms with van der Waals surface area (Å²) >= 11 is 0. The molecule has 1 amide bonds. The van der Waals surface area contributed by atoms with Gasteiger partial charge in [0.2, 0.25) is 0 Å². The predicted octanol–water partition coefficient (Wildman–Crippen LogP) is 0.0480. The van der Waals surface area contributed by atoms with E-state index in [-0.39, 0.29) is 23.5 Å². The second-order valence-electron chi connectivity index (χ2n) is 3.61. The van der Waals surface area contributed by atoms with E-state index in [1.165, 1.54) is 7.11 Å². The van der Waals surface area contributed by atoms with Gasteiger partial charge in [-0.05, 0) is 12.8 Å². The molecule has 1 spiro atoms. The molecule has 0 unspecified atom stereocenters. The summed E-state index contributed by atoms with van der Waals surface area (Å²) in [6, 6.07) is 0. The van der Waals surface area contributed by atoms with Gasteiger partial charge < -0.3 is 14.8 Å². The van der Waals surface area contributed by atoms with Gasteiger partial charge in [0.25, 0.3) is 0 Å². The number of hydrogen-bond acceptors (Lipinski definition) is 4. The Morgan fingerprint density at radius 2 is 2.38 bits per heavy atom. The maximum absolute atomic E-state index is 11.0. The predicted molar refractivity (Wildman–Crippen MR) is 42.0 cm³/mol. The number of amides is 1. The molecule has 13 heavy (non-hydrogen) atoms. The van der Waals surface area contributed by atoms with E-state index in [2.05, 4.69) is 10.1 Å². The summed E-state index contributed by atoms with van der Waals surface area (Å²) < 4.78 is 9.36. The first-order valence-corrected chi connectivity index (χ1v) is 4.18. The fourth-order valence-corrected chi connectivity index (χ4v) is 1.93. The molecule has 5 nitrogen and oxygen atoms in total. The van der Waals surface area contributed by atoms with Gasteiger partial charge in [0.05, 0.1) is 18.6 Å². The van der Waals surface area contributed by atoms with Crippen molar-refractivity contribution in [3.8, 4) is 0 Å². The number of rotatable bonds is 1. The Hall–Kier alpha value is -1.26. The number of carbonyl (C=O) groups is 2. The molecule has 1 heterocycles. The second kappa shape index (κ2) is 2.61. The minimum Gasteiger partial charge on any atom is -0.469 e. The molecule has 1 aliphatic heterocycles. The van der Waals surface area contributed by atoms with Crippen LogP contribution >= 0.6 is 0 Å². The molecule has 1 aliphatic carbocycles. The van der Waals surface area contributed by atoms with Gasteiger partial charge in [-0.1, -0.05) is 0 Å². The number of esters is 1. The van der Waals surface area contributed by atoms with Crippen LogP contribution in [0.4, 0.5) is 4.79 Å². The maximum Gasteiger partial charge on any atom is 0.407 e. The minimum atomic E-state index is -0.386. The van der Waals surface area contributed by atoms with Crippen LogP contribution in [0.1, 0.15) is 12.8 Å². The van der Waals surface area contributed by atoms with Crippen molar-refractivity contribution in [3.63, 3.8) is 0 Å². The Balaban J connectivity index is 1.90. The standard InChI is InChI=1S/C8H11NO4/c1-12-6(10)5-2-8(3-5)4-13-7(11)9-8/h5H,2-4H2,1H3,(H,9,11)/t5-,8-. The van der Waals surface area contributed by atoms with E-state index in [0.717, 1.165) is 0 Å². The van der Waals surface area contributed by atoms with Gasteiger partial charge in [-0.25, -0.2) is 4.79 Å². The highest BCUT2D eigenvalue weighted by Gasteiger charge is 2.53. The summed E-state index contributed by atoms with van der Waals surface area (Å²) in [5.74, 6) is -0.279. The van der Waals surface area contributed by atoms with Gasteiger partial charge in [0, 0.05) is 0 Å². The van der Waals surface area contributed by atoms with Crippen molar-refractivity contribution in [1.82, 2.24) is 5.32 Å². The first-order chi connectivity index (χ1) is 6.15. The topological polar surface area (TPSA) is 64.6 Å². The van der Waals surface area contributed by atoms with Crippen LogP contribution in [-0.4, -0.2) is 31.3 Å². The van der Waals surface area contributed by atoms with E-state index in [9.17, 15) is 9.59 Å². The van der Waals surface area contributed by atoms with E-state index in [4.69, 9.17) is 4.74 Å². The van der Waals surface area contributed by atoms with Crippen LogP contribution in [-0.2, 0) is 14.3 Å². The first kappa shape index (κ1) is 8.34. The molecular weight excluding hydrogens is 174 g/mol. The molecule has 0 bridgehead atoms. The second-order valence-corrected chi connectivity index (χ2v) is 3.61. The zero-order chi connectivity index (χ0) is 9.47. The molecule has 2 fully saturated rings. The average Bonchev–Trinajstić information content (AvgIpc) is 2.43. The zero-order valence-electron chi connectivity index (χ0n) is 7.33. The Kier molecular flexibility index (Phi) is 1.68. The maximum atomic E-state index is 11.0. The number of methoxy groups -OCH3 is 1. The van der Waals surface area contributed by atoms with Crippen LogP contribution in [0.2, 0.25) is 0 Å². The van der Waals surface area contributed by atoms with Crippen molar-refractivity contribution in [2.24, 2.45) is 5.92 Å². The third-order valence-corrected chi connectivity index (χ3v) is 2.66. The molecule has 72 valence electrons.